The lowest BCUT2D eigenvalue weighted by Crippen LogP contribution is -2.46. The van der Waals surface area contributed by atoms with Gasteiger partial charge in [-0.1, -0.05) is 0 Å². The highest BCUT2D eigenvalue weighted by atomic mass is 16.4. The summed E-state index contributed by atoms with van der Waals surface area (Å²) in [5.74, 6) is -0.723. The molecule has 3 N–H and O–H groups in total. The van der Waals surface area contributed by atoms with Crippen molar-refractivity contribution in [1.82, 2.24) is 15.5 Å². The second-order valence-electron chi connectivity index (χ2n) is 5.23. The van der Waals surface area contributed by atoms with E-state index in [9.17, 15) is 14.4 Å². The molecule has 3 amide bonds. The molecule has 0 heterocycles. The maximum absolute atomic E-state index is 11.9. The molecule has 7 nitrogen and oxygen atoms in total. The van der Waals surface area contributed by atoms with Crippen molar-refractivity contribution in [2.75, 3.05) is 19.6 Å². The van der Waals surface area contributed by atoms with E-state index in [-0.39, 0.29) is 36.9 Å². The van der Waals surface area contributed by atoms with Crippen LogP contribution < -0.4 is 10.6 Å². The number of urea groups is 1. The molecule has 0 radical (unpaired) electrons. The van der Waals surface area contributed by atoms with E-state index in [0.29, 0.717) is 13.1 Å². The average Bonchev–Trinajstić information content (AvgIpc) is 3.17. The second kappa shape index (κ2) is 7.72. The Morgan fingerprint density at radius 2 is 1.80 bits per heavy atom. The van der Waals surface area contributed by atoms with E-state index in [4.69, 9.17) is 5.11 Å². The molecule has 1 aliphatic carbocycles. The molecule has 0 bridgehead atoms. The Hall–Kier alpha value is -1.79. The van der Waals surface area contributed by atoms with Crippen molar-refractivity contribution in [1.29, 1.82) is 0 Å². The molecule has 0 aromatic heterocycles. The zero-order chi connectivity index (χ0) is 15.1. The zero-order valence-electron chi connectivity index (χ0n) is 12.0. The third-order valence-corrected chi connectivity index (χ3v) is 3.10. The van der Waals surface area contributed by atoms with Crippen LogP contribution in [0.15, 0.2) is 0 Å². The standard InChI is InChI=1S/C13H23N3O4/c1-9(2)16(8-5-11(17)18)13(20)15-7-6-14-12(19)10-3-4-10/h9-10H,3-8H2,1-2H3,(H,14,19)(H,15,20)(H,17,18). The Bertz CT molecular complexity index is 367. The summed E-state index contributed by atoms with van der Waals surface area (Å²) in [5.41, 5.74) is 0. The molecule has 0 aromatic carbocycles. The van der Waals surface area contributed by atoms with Crippen molar-refractivity contribution in [3.05, 3.63) is 0 Å². The van der Waals surface area contributed by atoms with Gasteiger partial charge in [-0.05, 0) is 26.7 Å². The topological polar surface area (TPSA) is 98.7 Å². The van der Waals surface area contributed by atoms with Crippen LogP contribution in [-0.4, -0.2) is 53.6 Å². The highest BCUT2D eigenvalue weighted by Crippen LogP contribution is 2.28. The fourth-order valence-corrected chi connectivity index (χ4v) is 1.76. The molecule has 1 fully saturated rings. The third-order valence-electron chi connectivity index (χ3n) is 3.10. The fourth-order valence-electron chi connectivity index (χ4n) is 1.76. The van der Waals surface area contributed by atoms with Crippen molar-refractivity contribution in [2.45, 2.75) is 39.2 Å². The molecule has 0 saturated heterocycles. The lowest BCUT2D eigenvalue weighted by Gasteiger charge is -2.26. The molecule has 0 aromatic rings. The van der Waals surface area contributed by atoms with Crippen LogP contribution in [0.2, 0.25) is 0 Å². The number of nitrogens with one attached hydrogen (secondary N) is 2. The van der Waals surface area contributed by atoms with Crippen molar-refractivity contribution >= 4 is 17.9 Å². The molecular formula is C13H23N3O4. The van der Waals surface area contributed by atoms with Gasteiger partial charge in [0.25, 0.3) is 0 Å². The minimum atomic E-state index is -0.930. The van der Waals surface area contributed by atoms with E-state index in [1.807, 2.05) is 13.8 Å². The smallest absolute Gasteiger partial charge is 0.317 e. The molecule has 1 saturated carbocycles. The fraction of sp³-hybridized carbons (Fsp3) is 0.769. The SMILES string of the molecule is CC(C)N(CCC(=O)O)C(=O)NCCNC(=O)C1CC1. The molecular weight excluding hydrogens is 262 g/mol. The Morgan fingerprint density at radius 1 is 1.20 bits per heavy atom. The molecule has 20 heavy (non-hydrogen) atoms. The van der Waals surface area contributed by atoms with Crippen LogP contribution in [0.4, 0.5) is 4.79 Å². The van der Waals surface area contributed by atoms with Crippen LogP contribution in [0.1, 0.15) is 33.1 Å². The van der Waals surface area contributed by atoms with Crippen LogP contribution in [0.25, 0.3) is 0 Å². The Kier molecular flexibility index (Phi) is 6.27. The van der Waals surface area contributed by atoms with E-state index < -0.39 is 5.97 Å². The lowest BCUT2D eigenvalue weighted by atomic mass is 10.3. The number of rotatable bonds is 8. The predicted octanol–water partition coefficient (Wildman–Crippen LogP) is 0.407. The maximum atomic E-state index is 11.9. The summed E-state index contributed by atoms with van der Waals surface area (Å²) in [4.78, 5) is 35.3. The molecule has 0 aliphatic heterocycles. The molecule has 0 spiro atoms. The predicted molar refractivity (Wildman–Crippen MR) is 73.2 cm³/mol. The van der Waals surface area contributed by atoms with Gasteiger partial charge >= 0.3 is 12.0 Å². The molecule has 0 atom stereocenters. The first-order valence-corrected chi connectivity index (χ1v) is 6.95. The molecule has 114 valence electrons. The average molecular weight is 285 g/mol. The van der Waals surface area contributed by atoms with Gasteiger partial charge in [-0.15, -0.1) is 0 Å². The normalized spacial score (nSPS) is 13.9. The van der Waals surface area contributed by atoms with Crippen molar-refractivity contribution in [3.63, 3.8) is 0 Å². The zero-order valence-corrected chi connectivity index (χ0v) is 12.0. The Balaban J connectivity index is 2.22. The summed E-state index contributed by atoms with van der Waals surface area (Å²) in [6.45, 7) is 4.57. The van der Waals surface area contributed by atoms with Gasteiger partial charge in [-0.3, -0.25) is 9.59 Å². The van der Waals surface area contributed by atoms with Gasteiger partial charge in [0.05, 0.1) is 6.42 Å². The third kappa shape index (κ3) is 5.90. The molecule has 1 rings (SSSR count). The molecule has 7 heteroatoms. The lowest BCUT2D eigenvalue weighted by molar-refractivity contribution is -0.137. The van der Waals surface area contributed by atoms with E-state index in [2.05, 4.69) is 10.6 Å². The Morgan fingerprint density at radius 3 is 2.30 bits per heavy atom. The number of amides is 3. The first kappa shape index (κ1) is 16.3. The van der Waals surface area contributed by atoms with E-state index in [0.717, 1.165) is 12.8 Å². The van der Waals surface area contributed by atoms with E-state index >= 15 is 0 Å². The number of carboxylic acid groups (broad SMARTS) is 1. The van der Waals surface area contributed by atoms with Gasteiger partial charge in [0, 0.05) is 31.6 Å². The van der Waals surface area contributed by atoms with Gasteiger partial charge in [-0.25, -0.2) is 4.79 Å². The summed E-state index contributed by atoms with van der Waals surface area (Å²) in [6, 6.07) is -0.377. The largest absolute Gasteiger partial charge is 0.481 e. The van der Waals surface area contributed by atoms with Gasteiger partial charge in [0.1, 0.15) is 0 Å². The van der Waals surface area contributed by atoms with Crippen molar-refractivity contribution in [2.24, 2.45) is 5.92 Å². The summed E-state index contributed by atoms with van der Waals surface area (Å²) < 4.78 is 0. The van der Waals surface area contributed by atoms with Gasteiger partial charge < -0.3 is 20.6 Å². The first-order valence-electron chi connectivity index (χ1n) is 6.95. The van der Waals surface area contributed by atoms with Crippen LogP contribution in [0.5, 0.6) is 0 Å². The maximum Gasteiger partial charge on any atom is 0.317 e. The van der Waals surface area contributed by atoms with E-state index in [1.54, 1.807) is 0 Å². The second-order valence-corrected chi connectivity index (χ2v) is 5.23. The number of hydrogen-bond acceptors (Lipinski definition) is 3. The van der Waals surface area contributed by atoms with E-state index in [1.165, 1.54) is 4.90 Å². The number of nitrogens with zero attached hydrogens (tertiary/aromatic N) is 1. The minimum absolute atomic E-state index is 0.0471. The number of hydrogen-bond donors (Lipinski definition) is 3. The number of carbonyl (C=O) groups excluding carboxylic acids is 2. The monoisotopic (exact) mass is 285 g/mol. The van der Waals surface area contributed by atoms with Crippen LogP contribution in [0, 0.1) is 5.92 Å². The summed E-state index contributed by atoms with van der Waals surface area (Å²) >= 11 is 0. The van der Waals surface area contributed by atoms with Gasteiger partial charge in [-0.2, -0.15) is 0 Å². The highest BCUT2D eigenvalue weighted by Gasteiger charge is 2.29. The van der Waals surface area contributed by atoms with Crippen molar-refractivity contribution < 1.29 is 19.5 Å². The van der Waals surface area contributed by atoms with Crippen molar-refractivity contribution in [3.8, 4) is 0 Å². The van der Waals surface area contributed by atoms with Crippen LogP contribution in [0.3, 0.4) is 0 Å². The number of carboxylic acids is 1. The molecule has 1 aliphatic rings. The highest BCUT2D eigenvalue weighted by molar-refractivity contribution is 5.81. The first-order chi connectivity index (χ1) is 9.41. The van der Waals surface area contributed by atoms with Crippen LogP contribution in [-0.2, 0) is 9.59 Å². The van der Waals surface area contributed by atoms with Gasteiger partial charge in [0.2, 0.25) is 5.91 Å². The quantitative estimate of drug-likeness (QED) is 0.562. The Labute approximate surface area is 118 Å². The molecule has 0 unspecified atom stereocenters. The summed E-state index contributed by atoms with van der Waals surface area (Å²) in [6.07, 6.45) is 1.83. The minimum Gasteiger partial charge on any atom is -0.481 e. The summed E-state index contributed by atoms with van der Waals surface area (Å²) in [5, 5.41) is 14.1. The number of carbonyl (C=O) groups is 3. The van der Waals surface area contributed by atoms with Crippen LogP contribution >= 0.6 is 0 Å². The van der Waals surface area contributed by atoms with Gasteiger partial charge in [0.15, 0.2) is 0 Å². The number of aliphatic carboxylic acids is 1. The summed E-state index contributed by atoms with van der Waals surface area (Å²) in [7, 11) is 0.